The molecule has 20 heavy (non-hydrogen) atoms. The molecule has 0 aromatic heterocycles. The maximum absolute atomic E-state index is 11.6. The summed E-state index contributed by atoms with van der Waals surface area (Å²) in [6.07, 6.45) is 0. The van der Waals surface area contributed by atoms with Gasteiger partial charge in [0.05, 0.1) is 0 Å². The Bertz CT molecular complexity index is 347. The number of halogens is 1. The van der Waals surface area contributed by atoms with Crippen molar-refractivity contribution >= 4 is 47.6 Å². The van der Waals surface area contributed by atoms with Crippen LogP contribution in [0.3, 0.4) is 0 Å². The lowest BCUT2D eigenvalue weighted by Crippen LogP contribution is -2.51. The number of carbonyl (C=O) groups excluding carboxylic acids is 1. The van der Waals surface area contributed by atoms with Gasteiger partial charge in [0, 0.05) is 44.2 Å². The molecule has 0 unspecified atom stereocenters. The van der Waals surface area contributed by atoms with Crippen molar-refractivity contribution in [1.82, 2.24) is 15.1 Å². The highest BCUT2D eigenvalue weighted by atomic mass is 127. The van der Waals surface area contributed by atoms with Gasteiger partial charge in [-0.25, -0.2) is 4.99 Å². The maximum atomic E-state index is 11.6. The smallest absolute Gasteiger partial charge is 0.243 e. The van der Waals surface area contributed by atoms with Gasteiger partial charge in [-0.3, -0.25) is 4.79 Å². The molecule has 1 amide bonds. The largest absolute Gasteiger partial charge is 0.357 e. The number of thioether (sulfide) groups is 1. The van der Waals surface area contributed by atoms with Gasteiger partial charge in [-0.1, -0.05) is 0 Å². The van der Waals surface area contributed by atoms with E-state index in [9.17, 15) is 4.79 Å². The number of hydrogen-bond acceptors (Lipinski definition) is 3. The van der Waals surface area contributed by atoms with Crippen molar-refractivity contribution in [1.29, 1.82) is 0 Å². The fourth-order valence-corrected chi connectivity index (χ4v) is 3.02. The molecule has 1 rings (SSSR count). The van der Waals surface area contributed by atoms with Crippen LogP contribution in [-0.4, -0.2) is 72.4 Å². The van der Waals surface area contributed by atoms with Gasteiger partial charge < -0.3 is 15.1 Å². The minimum atomic E-state index is 0. The molecule has 1 aliphatic rings. The molecule has 0 radical (unpaired) electrons. The highest BCUT2D eigenvalue weighted by Crippen LogP contribution is 2.29. The third kappa shape index (κ3) is 6.51. The Kier molecular flexibility index (Phi) is 8.88. The van der Waals surface area contributed by atoms with Crippen molar-refractivity contribution in [3.05, 3.63) is 0 Å². The van der Waals surface area contributed by atoms with Crippen LogP contribution < -0.4 is 5.32 Å². The molecule has 0 atom stereocenters. The molecule has 0 spiro atoms. The minimum Gasteiger partial charge on any atom is -0.357 e. The average molecular weight is 414 g/mol. The van der Waals surface area contributed by atoms with Gasteiger partial charge in [0.2, 0.25) is 5.91 Å². The topological polar surface area (TPSA) is 47.9 Å². The summed E-state index contributed by atoms with van der Waals surface area (Å²) in [6, 6.07) is 0. The van der Waals surface area contributed by atoms with Crippen LogP contribution in [-0.2, 0) is 4.79 Å². The van der Waals surface area contributed by atoms with E-state index >= 15 is 0 Å². The highest BCUT2D eigenvalue weighted by molar-refractivity contribution is 14.0. The van der Waals surface area contributed by atoms with Crippen molar-refractivity contribution in [3.8, 4) is 0 Å². The molecule has 1 aliphatic heterocycles. The quantitative estimate of drug-likeness (QED) is 0.432. The van der Waals surface area contributed by atoms with Gasteiger partial charge in [-0.2, -0.15) is 11.8 Å². The lowest BCUT2D eigenvalue weighted by atomic mass is 10.2. The fourth-order valence-electron chi connectivity index (χ4n) is 1.91. The maximum Gasteiger partial charge on any atom is 0.243 e. The number of rotatable bonds is 3. The summed E-state index contributed by atoms with van der Waals surface area (Å²) in [7, 11) is 3.51. The number of carbonyl (C=O) groups is 1. The lowest BCUT2D eigenvalue weighted by Gasteiger charge is -2.39. The Morgan fingerprint density at radius 2 is 2.10 bits per heavy atom. The fraction of sp³-hybridized carbons (Fsp3) is 0.846. The van der Waals surface area contributed by atoms with Gasteiger partial charge in [-0.05, 0) is 20.8 Å². The summed E-state index contributed by atoms with van der Waals surface area (Å²) < 4.78 is 0.236. The zero-order valence-corrected chi connectivity index (χ0v) is 16.2. The zero-order chi connectivity index (χ0) is 14.5. The minimum absolute atomic E-state index is 0. The van der Waals surface area contributed by atoms with E-state index in [1.807, 2.05) is 18.7 Å². The number of aliphatic imine (C=N–C) groups is 1. The van der Waals surface area contributed by atoms with E-state index in [1.165, 1.54) is 0 Å². The summed E-state index contributed by atoms with van der Waals surface area (Å²) in [6.45, 7) is 9.51. The van der Waals surface area contributed by atoms with Crippen molar-refractivity contribution in [2.24, 2.45) is 4.99 Å². The summed E-state index contributed by atoms with van der Waals surface area (Å²) in [5, 5.41) is 3.28. The molecule has 0 saturated carbocycles. The van der Waals surface area contributed by atoms with Crippen LogP contribution in [0.2, 0.25) is 0 Å². The van der Waals surface area contributed by atoms with Gasteiger partial charge in [0.15, 0.2) is 5.96 Å². The second kappa shape index (κ2) is 8.96. The first-order valence-corrected chi connectivity index (χ1v) is 7.71. The average Bonchev–Trinajstić information content (AvgIpc) is 2.32. The van der Waals surface area contributed by atoms with Crippen molar-refractivity contribution < 1.29 is 4.79 Å². The molecule has 0 aliphatic carbocycles. The second-order valence-electron chi connectivity index (χ2n) is 5.49. The number of likely N-dealkylation sites (N-methyl/N-ethyl adjacent to an activating group) is 1. The first-order valence-electron chi connectivity index (χ1n) is 6.73. The van der Waals surface area contributed by atoms with E-state index in [2.05, 4.69) is 29.1 Å². The summed E-state index contributed by atoms with van der Waals surface area (Å²) >= 11 is 1.99. The van der Waals surface area contributed by atoms with Gasteiger partial charge in [0.1, 0.15) is 6.54 Å². The predicted molar refractivity (Wildman–Crippen MR) is 98.2 cm³/mol. The highest BCUT2D eigenvalue weighted by Gasteiger charge is 2.28. The van der Waals surface area contributed by atoms with Crippen LogP contribution in [0.5, 0.6) is 0 Å². The Morgan fingerprint density at radius 1 is 1.45 bits per heavy atom. The molecule has 0 bridgehead atoms. The number of guanidine groups is 1. The number of amides is 1. The summed E-state index contributed by atoms with van der Waals surface area (Å²) in [5.41, 5.74) is 0. The Balaban J connectivity index is 0.00000361. The van der Waals surface area contributed by atoms with Gasteiger partial charge in [0.25, 0.3) is 0 Å². The van der Waals surface area contributed by atoms with Crippen LogP contribution >= 0.6 is 35.7 Å². The van der Waals surface area contributed by atoms with Crippen LogP contribution in [0.15, 0.2) is 4.99 Å². The molecule has 1 fully saturated rings. The van der Waals surface area contributed by atoms with Gasteiger partial charge >= 0.3 is 0 Å². The third-order valence-corrected chi connectivity index (χ3v) is 4.22. The van der Waals surface area contributed by atoms with Gasteiger partial charge in [-0.15, -0.1) is 24.0 Å². The molecular formula is C13H27IN4OS. The monoisotopic (exact) mass is 414 g/mol. The molecule has 1 heterocycles. The van der Waals surface area contributed by atoms with E-state index in [4.69, 9.17) is 0 Å². The summed E-state index contributed by atoms with van der Waals surface area (Å²) in [4.78, 5) is 19.9. The predicted octanol–water partition coefficient (Wildman–Crippen LogP) is 1.49. The Labute approximate surface area is 144 Å². The molecule has 1 saturated heterocycles. The van der Waals surface area contributed by atoms with E-state index in [0.29, 0.717) is 0 Å². The van der Waals surface area contributed by atoms with Crippen LogP contribution in [0.1, 0.15) is 20.8 Å². The van der Waals surface area contributed by atoms with E-state index < -0.39 is 0 Å². The molecule has 1 N–H and O–H groups in total. The van der Waals surface area contributed by atoms with E-state index in [0.717, 1.165) is 31.3 Å². The zero-order valence-electron chi connectivity index (χ0n) is 13.1. The lowest BCUT2D eigenvalue weighted by molar-refractivity contribution is -0.127. The normalized spacial score (nSPS) is 18.2. The van der Waals surface area contributed by atoms with Crippen molar-refractivity contribution in [3.63, 3.8) is 0 Å². The number of hydrogen-bond donors (Lipinski definition) is 1. The van der Waals surface area contributed by atoms with Crippen LogP contribution in [0.25, 0.3) is 0 Å². The van der Waals surface area contributed by atoms with Crippen LogP contribution in [0.4, 0.5) is 0 Å². The summed E-state index contributed by atoms with van der Waals surface area (Å²) in [5.74, 6) is 1.98. The SMILES string of the molecule is CCNC(=NCC(=O)N(C)C)N1CCSC(C)(C)C1.I. The number of nitrogens with one attached hydrogen (secondary N) is 1. The first-order chi connectivity index (χ1) is 8.85. The van der Waals surface area contributed by atoms with Crippen molar-refractivity contribution in [2.75, 3.05) is 46.0 Å². The molecular weight excluding hydrogens is 387 g/mol. The third-order valence-electron chi connectivity index (χ3n) is 2.92. The van der Waals surface area contributed by atoms with Crippen LogP contribution in [0, 0.1) is 0 Å². The van der Waals surface area contributed by atoms with Crippen molar-refractivity contribution in [2.45, 2.75) is 25.5 Å². The standard InChI is InChI=1S/C13H26N4OS.HI/c1-6-14-12(15-9-11(18)16(4)5)17-7-8-19-13(2,3)10-17;/h6-10H2,1-5H3,(H,14,15);1H. The molecule has 5 nitrogen and oxygen atoms in total. The molecule has 118 valence electrons. The molecule has 0 aromatic carbocycles. The van der Waals surface area contributed by atoms with E-state index in [-0.39, 0.29) is 41.2 Å². The first kappa shape index (κ1) is 19.8. The second-order valence-corrected chi connectivity index (χ2v) is 7.29. The molecule has 7 heteroatoms. The van der Waals surface area contributed by atoms with E-state index in [1.54, 1.807) is 19.0 Å². The Hall–Kier alpha value is -0.180. The molecule has 0 aromatic rings. The Morgan fingerprint density at radius 3 is 2.60 bits per heavy atom. The number of nitrogens with zero attached hydrogens (tertiary/aromatic N) is 3.